The van der Waals surface area contributed by atoms with E-state index in [-0.39, 0.29) is 10.5 Å². The van der Waals surface area contributed by atoms with E-state index in [0.717, 1.165) is 0 Å². The molecular weight excluding hydrogens is 314 g/mol. The topological polar surface area (TPSA) is 84.0 Å². The molecule has 2 N–H and O–H groups in total. The zero-order chi connectivity index (χ0) is 16.4. The van der Waals surface area contributed by atoms with E-state index in [2.05, 4.69) is 9.82 Å². The molecule has 0 amide bonds. The number of aryl methyl sites for hydroxylation is 1. The molecule has 118 valence electrons. The van der Waals surface area contributed by atoms with Gasteiger partial charge in [-0.3, -0.25) is 14.6 Å². The van der Waals surface area contributed by atoms with Gasteiger partial charge in [-0.1, -0.05) is 30.3 Å². The van der Waals surface area contributed by atoms with Crippen LogP contribution in [-0.2, 0) is 10.0 Å². The van der Waals surface area contributed by atoms with E-state index in [9.17, 15) is 13.2 Å². The smallest absolute Gasteiger partial charge is 0.271 e. The lowest BCUT2D eigenvalue weighted by Crippen LogP contribution is -2.18. The molecule has 3 rings (SSSR count). The van der Waals surface area contributed by atoms with Crippen LogP contribution >= 0.6 is 0 Å². The Morgan fingerprint density at radius 2 is 1.65 bits per heavy atom. The van der Waals surface area contributed by atoms with E-state index < -0.39 is 10.0 Å². The van der Waals surface area contributed by atoms with E-state index in [1.807, 2.05) is 0 Å². The Bertz CT molecular complexity index is 989. The van der Waals surface area contributed by atoms with E-state index in [1.165, 1.54) is 22.9 Å². The van der Waals surface area contributed by atoms with Crippen molar-refractivity contribution in [3.63, 3.8) is 0 Å². The molecule has 3 aromatic rings. The van der Waals surface area contributed by atoms with E-state index >= 15 is 0 Å². The monoisotopic (exact) mass is 329 g/mol. The Balaban J connectivity index is 2.06. The number of para-hydroxylation sites is 2. The SMILES string of the molecule is Cc1cc(=O)n(-c2ccccc2NS(=O)(=O)c2ccccc2)[nH]1. The molecule has 0 unspecified atom stereocenters. The van der Waals surface area contributed by atoms with E-state index in [1.54, 1.807) is 49.4 Å². The van der Waals surface area contributed by atoms with Crippen LogP contribution in [0.4, 0.5) is 5.69 Å². The minimum Gasteiger partial charge on any atom is -0.295 e. The molecule has 1 heterocycles. The highest BCUT2D eigenvalue weighted by Crippen LogP contribution is 2.22. The highest BCUT2D eigenvalue weighted by molar-refractivity contribution is 7.92. The first-order valence-electron chi connectivity index (χ1n) is 6.93. The number of anilines is 1. The zero-order valence-corrected chi connectivity index (χ0v) is 13.2. The first kappa shape index (κ1) is 15.1. The molecule has 6 nitrogen and oxygen atoms in total. The normalized spacial score (nSPS) is 11.3. The van der Waals surface area contributed by atoms with Gasteiger partial charge in [-0.2, -0.15) is 0 Å². The average molecular weight is 329 g/mol. The van der Waals surface area contributed by atoms with Crippen molar-refractivity contribution in [2.24, 2.45) is 0 Å². The van der Waals surface area contributed by atoms with Crippen LogP contribution in [0.15, 0.2) is 70.4 Å². The summed E-state index contributed by atoms with van der Waals surface area (Å²) in [6.45, 7) is 1.76. The van der Waals surface area contributed by atoms with Crippen molar-refractivity contribution in [3.05, 3.63) is 76.7 Å². The average Bonchev–Trinajstić information content (AvgIpc) is 2.87. The van der Waals surface area contributed by atoms with Crippen LogP contribution in [0.2, 0.25) is 0 Å². The Labute approximate surface area is 133 Å². The Hall–Kier alpha value is -2.80. The van der Waals surface area contributed by atoms with Gasteiger partial charge in [-0.25, -0.2) is 13.1 Å². The number of hydrogen-bond donors (Lipinski definition) is 2. The molecule has 0 atom stereocenters. The van der Waals surface area contributed by atoms with Crippen LogP contribution in [0.25, 0.3) is 5.69 Å². The predicted molar refractivity (Wildman–Crippen MR) is 88.4 cm³/mol. The lowest BCUT2D eigenvalue weighted by molar-refractivity contribution is 0.601. The lowest BCUT2D eigenvalue weighted by Gasteiger charge is -2.12. The molecule has 0 aliphatic heterocycles. The standard InChI is InChI=1S/C16H15N3O3S/c1-12-11-16(20)19(17-12)15-10-6-5-9-14(15)18-23(21,22)13-7-3-2-4-8-13/h2-11,17-18H,1H3. The molecule has 0 aliphatic rings. The third-order valence-electron chi connectivity index (χ3n) is 3.29. The van der Waals surface area contributed by atoms with Gasteiger partial charge in [0.25, 0.3) is 15.6 Å². The van der Waals surface area contributed by atoms with Crippen LogP contribution in [-0.4, -0.2) is 18.2 Å². The molecule has 0 fully saturated rings. The number of hydrogen-bond acceptors (Lipinski definition) is 3. The van der Waals surface area contributed by atoms with Crippen molar-refractivity contribution in [2.75, 3.05) is 4.72 Å². The zero-order valence-electron chi connectivity index (χ0n) is 12.4. The van der Waals surface area contributed by atoms with Crippen LogP contribution < -0.4 is 10.3 Å². The fourth-order valence-electron chi connectivity index (χ4n) is 2.25. The Morgan fingerprint density at radius 3 is 2.30 bits per heavy atom. The van der Waals surface area contributed by atoms with Gasteiger partial charge in [0.05, 0.1) is 16.3 Å². The minimum absolute atomic E-state index is 0.157. The molecule has 0 saturated heterocycles. The van der Waals surface area contributed by atoms with Crippen molar-refractivity contribution in [3.8, 4) is 5.69 Å². The summed E-state index contributed by atoms with van der Waals surface area (Å²) in [5.74, 6) is 0. The highest BCUT2D eigenvalue weighted by atomic mass is 32.2. The van der Waals surface area contributed by atoms with Crippen molar-refractivity contribution in [2.45, 2.75) is 11.8 Å². The number of aromatic amines is 1. The molecule has 0 radical (unpaired) electrons. The Morgan fingerprint density at radius 1 is 1.00 bits per heavy atom. The largest absolute Gasteiger partial charge is 0.295 e. The highest BCUT2D eigenvalue weighted by Gasteiger charge is 2.16. The van der Waals surface area contributed by atoms with Gasteiger partial charge < -0.3 is 0 Å². The fourth-order valence-corrected chi connectivity index (χ4v) is 3.35. The minimum atomic E-state index is -3.73. The molecule has 0 aliphatic carbocycles. The molecule has 7 heteroatoms. The lowest BCUT2D eigenvalue weighted by atomic mass is 10.3. The van der Waals surface area contributed by atoms with Crippen LogP contribution in [0, 0.1) is 6.92 Å². The number of nitrogens with zero attached hydrogens (tertiary/aromatic N) is 1. The van der Waals surface area contributed by atoms with Crippen molar-refractivity contribution >= 4 is 15.7 Å². The second-order valence-corrected chi connectivity index (χ2v) is 6.73. The van der Waals surface area contributed by atoms with Gasteiger partial charge in [0.1, 0.15) is 0 Å². The maximum absolute atomic E-state index is 12.5. The van der Waals surface area contributed by atoms with E-state index in [0.29, 0.717) is 17.1 Å². The fraction of sp³-hybridized carbons (Fsp3) is 0.0625. The molecule has 2 aromatic carbocycles. The first-order valence-corrected chi connectivity index (χ1v) is 8.42. The second kappa shape index (κ2) is 5.77. The van der Waals surface area contributed by atoms with Gasteiger partial charge in [-0.15, -0.1) is 0 Å². The van der Waals surface area contributed by atoms with Gasteiger partial charge in [0.15, 0.2) is 0 Å². The van der Waals surface area contributed by atoms with Crippen molar-refractivity contribution < 1.29 is 8.42 Å². The summed E-state index contributed by atoms with van der Waals surface area (Å²) in [4.78, 5) is 12.1. The molecule has 0 bridgehead atoms. The summed E-state index contributed by atoms with van der Waals surface area (Å²) < 4.78 is 28.8. The van der Waals surface area contributed by atoms with Gasteiger partial charge in [0.2, 0.25) is 0 Å². The molecule has 0 spiro atoms. The van der Waals surface area contributed by atoms with Crippen LogP contribution in [0.5, 0.6) is 0 Å². The number of benzene rings is 2. The summed E-state index contributed by atoms with van der Waals surface area (Å²) >= 11 is 0. The summed E-state index contributed by atoms with van der Waals surface area (Å²) in [7, 11) is -3.73. The van der Waals surface area contributed by atoms with Gasteiger partial charge >= 0.3 is 0 Å². The number of aromatic nitrogens is 2. The van der Waals surface area contributed by atoms with Gasteiger partial charge in [0, 0.05) is 11.8 Å². The quantitative estimate of drug-likeness (QED) is 0.770. The maximum Gasteiger partial charge on any atom is 0.271 e. The molecular formula is C16H15N3O3S. The van der Waals surface area contributed by atoms with Gasteiger partial charge in [-0.05, 0) is 31.2 Å². The van der Waals surface area contributed by atoms with Crippen molar-refractivity contribution in [1.29, 1.82) is 0 Å². The maximum atomic E-state index is 12.5. The molecule has 1 aromatic heterocycles. The first-order chi connectivity index (χ1) is 11.0. The van der Waals surface area contributed by atoms with Crippen LogP contribution in [0.3, 0.4) is 0 Å². The summed E-state index contributed by atoms with van der Waals surface area (Å²) in [6.07, 6.45) is 0. The molecule has 0 saturated carbocycles. The predicted octanol–water partition coefficient (Wildman–Crippen LogP) is 2.27. The number of nitrogens with one attached hydrogen (secondary N) is 2. The van der Waals surface area contributed by atoms with Crippen molar-refractivity contribution in [1.82, 2.24) is 9.78 Å². The third kappa shape index (κ3) is 3.04. The second-order valence-electron chi connectivity index (χ2n) is 5.05. The van der Waals surface area contributed by atoms with Crippen LogP contribution in [0.1, 0.15) is 5.69 Å². The number of H-pyrrole nitrogens is 1. The third-order valence-corrected chi connectivity index (χ3v) is 4.67. The molecule has 23 heavy (non-hydrogen) atoms. The van der Waals surface area contributed by atoms with E-state index in [4.69, 9.17) is 0 Å². The summed E-state index contributed by atoms with van der Waals surface area (Å²) in [5.41, 5.74) is 1.19. The number of rotatable bonds is 4. The number of sulfonamides is 1. The summed E-state index contributed by atoms with van der Waals surface area (Å²) in [5, 5.41) is 2.90. The summed E-state index contributed by atoms with van der Waals surface area (Å²) in [6, 6.07) is 16.2. The Kier molecular flexibility index (Phi) is 3.79.